The lowest BCUT2D eigenvalue weighted by molar-refractivity contribution is -0.115. The third-order valence-corrected chi connectivity index (χ3v) is 4.85. The highest BCUT2D eigenvalue weighted by Gasteiger charge is 2.27. The van der Waals surface area contributed by atoms with Crippen LogP contribution in [0.4, 0.5) is 11.4 Å². The third kappa shape index (κ3) is 3.85. The van der Waals surface area contributed by atoms with Crippen LogP contribution in [0.1, 0.15) is 25.8 Å². The molecule has 0 saturated heterocycles. The molecule has 3 rings (SSSR count). The van der Waals surface area contributed by atoms with Crippen LogP contribution < -0.4 is 10.2 Å². The number of benzene rings is 1. The molecule has 1 unspecified atom stereocenters. The number of thioether (sulfide) groups is 1. The number of rotatable bonds is 6. The maximum atomic E-state index is 12.4. The molecular weight excluding hydrogens is 310 g/mol. The van der Waals surface area contributed by atoms with Gasteiger partial charge in [0.1, 0.15) is 6.33 Å². The first kappa shape index (κ1) is 15.9. The van der Waals surface area contributed by atoms with Gasteiger partial charge in [-0.1, -0.05) is 11.8 Å². The zero-order valence-corrected chi connectivity index (χ0v) is 14.4. The fourth-order valence-corrected chi connectivity index (χ4v) is 3.11. The van der Waals surface area contributed by atoms with Crippen LogP contribution in [0, 0.1) is 0 Å². The van der Waals surface area contributed by atoms with Gasteiger partial charge < -0.3 is 14.8 Å². The largest absolute Gasteiger partial charge is 0.378 e. The molecule has 1 aliphatic carbocycles. The second-order valence-corrected chi connectivity index (χ2v) is 7.25. The van der Waals surface area contributed by atoms with E-state index < -0.39 is 0 Å². The smallest absolute Gasteiger partial charge is 0.237 e. The van der Waals surface area contributed by atoms with E-state index in [1.807, 2.05) is 50.2 Å². The minimum Gasteiger partial charge on any atom is -0.378 e. The molecule has 1 aromatic heterocycles. The average molecular weight is 331 g/mol. The third-order valence-electron chi connectivity index (χ3n) is 3.78. The van der Waals surface area contributed by atoms with Crippen LogP contribution in [0.2, 0.25) is 0 Å². The first-order valence-corrected chi connectivity index (χ1v) is 8.57. The van der Waals surface area contributed by atoms with Crippen molar-refractivity contribution in [1.82, 2.24) is 14.8 Å². The molecule has 0 spiro atoms. The molecule has 7 heteroatoms. The van der Waals surface area contributed by atoms with E-state index in [0.29, 0.717) is 6.04 Å². The van der Waals surface area contributed by atoms with Crippen molar-refractivity contribution < 1.29 is 4.79 Å². The van der Waals surface area contributed by atoms with Crippen molar-refractivity contribution >= 4 is 29.0 Å². The van der Waals surface area contributed by atoms with Gasteiger partial charge in [-0.15, -0.1) is 10.2 Å². The van der Waals surface area contributed by atoms with Crippen LogP contribution in [0.3, 0.4) is 0 Å². The van der Waals surface area contributed by atoms with Crippen molar-refractivity contribution in [2.75, 3.05) is 24.3 Å². The van der Waals surface area contributed by atoms with E-state index in [-0.39, 0.29) is 11.2 Å². The maximum Gasteiger partial charge on any atom is 0.237 e. The first-order chi connectivity index (χ1) is 11.0. The predicted octanol–water partition coefficient (Wildman–Crippen LogP) is 2.80. The highest BCUT2D eigenvalue weighted by molar-refractivity contribution is 8.00. The SMILES string of the molecule is CC(Sc1nncn1C1CC1)C(=O)Nc1ccc(N(C)C)cc1. The van der Waals surface area contributed by atoms with Crippen LogP contribution in [-0.4, -0.2) is 40.0 Å². The highest BCUT2D eigenvalue weighted by Crippen LogP contribution is 2.38. The Labute approximate surface area is 140 Å². The molecule has 0 bridgehead atoms. The lowest BCUT2D eigenvalue weighted by Crippen LogP contribution is -2.23. The summed E-state index contributed by atoms with van der Waals surface area (Å²) in [6, 6.07) is 8.31. The van der Waals surface area contributed by atoms with Crippen LogP contribution in [0.25, 0.3) is 0 Å². The Morgan fingerprint density at radius 1 is 1.35 bits per heavy atom. The fraction of sp³-hybridized carbons (Fsp3) is 0.438. The Hall–Kier alpha value is -2.02. The van der Waals surface area contributed by atoms with E-state index in [9.17, 15) is 4.79 Å². The number of hydrogen-bond acceptors (Lipinski definition) is 5. The predicted molar refractivity (Wildman–Crippen MR) is 93.0 cm³/mol. The molecule has 1 N–H and O–H groups in total. The lowest BCUT2D eigenvalue weighted by atomic mass is 10.2. The Kier molecular flexibility index (Phi) is 4.56. The van der Waals surface area contributed by atoms with Crippen LogP contribution in [0.5, 0.6) is 0 Å². The van der Waals surface area contributed by atoms with Crippen molar-refractivity contribution in [2.24, 2.45) is 0 Å². The minimum absolute atomic E-state index is 0.0297. The van der Waals surface area contributed by atoms with Gasteiger partial charge in [0.15, 0.2) is 5.16 Å². The van der Waals surface area contributed by atoms with Gasteiger partial charge in [0.2, 0.25) is 5.91 Å². The second kappa shape index (κ2) is 6.62. The van der Waals surface area contributed by atoms with Crippen LogP contribution in [0.15, 0.2) is 35.7 Å². The van der Waals surface area contributed by atoms with E-state index in [2.05, 4.69) is 20.1 Å². The van der Waals surface area contributed by atoms with Gasteiger partial charge in [0, 0.05) is 31.5 Å². The van der Waals surface area contributed by atoms with Gasteiger partial charge in [-0.2, -0.15) is 0 Å². The molecule has 122 valence electrons. The van der Waals surface area contributed by atoms with Gasteiger partial charge in [-0.05, 0) is 44.0 Å². The molecule has 1 fully saturated rings. The average Bonchev–Trinajstić information content (AvgIpc) is 3.27. The summed E-state index contributed by atoms with van der Waals surface area (Å²) in [5.41, 5.74) is 1.90. The molecule has 6 nitrogen and oxygen atoms in total. The molecule has 0 radical (unpaired) electrons. The molecule has 23 heavy (non-hydrogen) atoms. The van der Waals surface area contributed by atoms with Gasteiger partial charge in [0.25, 0.3) is 0 Å². The molecule has 0 aliphatic heterocycles. The Bertz CT molecular complexity index is 678. The van der Waals surface area contributed by atoms with E-state index in [1.54, 1.807) is 6.33 Å². The summed E-state index contributed by atoms with van der Waals surface area (Å²) >= 11 is 1.45. The Morgan fingerprint density at radius 3 is 2.65 bits per heavy atom. The van der Waals surface area contributed by atoms with E-state index >= 15 is 0 Å². The van der Waals surface area contributed by atoms with Crippen LogP contribution in [-0.2, 0) is 4.79 Å². The molecular formula is C16H21N5OS. The van der Waals surface area contributed by atoms with Gasteiger partial charge in [0.05, 0.1) is 5.25 Å². The zero-order chi connectivity index (χ0) is 16.4. The number of hydrogen-bond donors (Lipinski definition) is 1. The standard InChI is InChI=1S/C16H21N5OS/c1-11(23-16-19-17-10-21(16)14-8-9-14)15(22)18-12-4-6-13(7-5-12)20(2)3/h4-7,10-11,14H,8-9H2,1-3H3,(H,18,22). The highest BCUT2D eigenvalue weighted by atomic mass is 32.2. The van der Waals surface area contributed by atoms with Gasteiger partial charge in [-0.3, -0.25) is 4.79 Å². The molecule has 1 amide bonds. The summed E-state index contributed by atoms with van der Waals surface area (Å²) < 4.78 is 2.07. The monoisotopic (exact) mass is 331 g/mol. The fourth-order valence-electron chi connectivity index (χ4n) is 2.22. The molecule has 1 aromatic carbocycles. The topological polar surface area (TPSA) is 63.1 Å². The number of aromatic nitrogens is 3. The first-order valence-electron chi connectivity index (χ1n) is 7.69. The van der Waals surface area contributed by atoms with Crippen LogP contribution >= 0.6 is 11.8 Å². The summed E-state index contributed by atoms with van der Waals surface area (Å²) in [5, 5.41) is 11.6. The number of amides is 1. The van der Waals surface area contributed by atoms with Crippen molar-refractivity contribution in [3.8, 4) is 0 Å². The van der Waals surface area contributed by atoms with E-state index in [0.717, 1.165) is 16.5 Å². The molecule has 1 atom stereocenters. The Morgan fingerprint density at radius 2 is 2.04 bits per heavy atom. The summed E-state index contributed by atoms with van der Waals surface area (Å²) in [7, 11) is 3.98. The number of carbonyl (C=O) groups is 1. The summed E-state index contributed by atoms with van der Waals surface area (Å²) in [6.07, 6.45) is 4.10. The number of nitrogens with one attached hydrogen (secondary N) is 1. The van der Waals surface area contributed by atoms with Crippen molar-refractivity contribution in [3.05, 3.63) is 30.6 Å². The molecule has 1 aliphatic rings. The van der Waals surface area contributed by atoms with Crippen molar-refractivity contribution in [3.63, 3.8) is 0 Å². The summed E-state index contributed by atoms with van der Waals surface area (Å²) in [5.74, 6) is -0.0297. The Balaban J connectivity index is 1.59. The van der Waals surface area contributed by atoms with Gasteiger partial charge in [-0.25, -0.2) is 0 Å². The maximum absolute atomic E-state index is 12.4. The quantitative estimate of drug-likeness (QED) is 0.825. The van der Waals surface area contributed by atoms with E-state index in [4.69, 9.17) is 0 Å². The summed E-state index contributed by atoms with van der Waals surface area (Å²) in [4.78, 5) is 14.4. The molecule has 2 aromatic rings. The number of anilines is 2. The second-order valence-electron chi connectivity index (χ2n) is 5.94. The normalized spacial score (nSPS) is 15.3. The van der Waals surface area contributed by atoms with Crippen molar-refractivity contribution in [2.45, 2.75) is 36.2 Å². The van der Waals surface area contributed by atoms with Crippen molar-refractivity contribution in [1.29, 1.82) is 0 Å². The number of nitrogens with zero attached hydrogens (tertiary/aromatic N) is 4. The zero-order valence-electron chi connectivity index (χ0n) is 13.6. The lowest BCUT2D eigenvalue weighted by Gasteiger charge is -2.14. The van der Waals surface area contributed by atoms with Gasteiger partial charge >= 0.3 is 0 Å². The molecule has 1 saturated carbocycles. The number of carbonyl (C=O) groups excluding carboxylic acids is 1. The molecule has 1 heterocycles. The van der Waals surface area contributed by atoms with E-state index in [1.165, 1.54) is 24.6 Å². The minimum atomic E-state index is -0.231. The summed E-state index contributed by atoms with van der Waals surface area (Å²) in [6.45, 7) is 1.89.